The highest BCUT2D eigenvalue weighted by atomic mass is 35.5. The number of nitrogens with one attached hydrogen (secondary N) is 1. The van der Waals surface area contributed by atoms with Gasteiger partial charge < -0.3 is 14.6 Å². The van der Waals surface area contributed by atoms with E-state index in [2.05, 4.69) is 15.5 Å². The molecule has 7 heteroatoms. The van der Waals surface area contributed by atoms with Gasteiger partial charge in [-0.15, -0.1) is 0 Å². The van der Waals surface area contributed by atoms with E-state index in [1.54, 1.807) is 42.5 Å². The molecule has 1 aromatic heterocycles. The lowest BCUT2D eigenvalue weighted by Crippen LogP contribution is -2.20. The molecule has 0 saturated heterocycles. The largest absolute Gasteiger partial charge is 0.484 e. The van der Waals surface area contributed by atoms with Gasteiger partial charge in [0.15, 0.2) is 6.61 Å². The van der Waals surface area contributed by atoms with Gasteiger partial charge in [0, 0.05) is 11.1 Å². The summed E-state index contributed by atoms with van der Waals surface area (Å²) in [6.45, 7) is -0.157. The SMILES string of the molecule is O=C(COc1cccc(-c2noc(-c3ccccc3)n2)c1)Nc1ccccc1Cl. The highest BCUT2D eigenvalue weighted by Crippen LogP contribution is 2.25. The van der Waals surface area contributed by atoms with Crippen LogP contribution in [-0.4, -0.2) is 22.7 Å². The third-order valence-electron chi connectivity index (χ3n) is 4.06. The summed E-state index contributed by atoms with van der Waals surface area (Å²) in [5.41, 5.74) is 2.10. The van der Waals surface area contributed by atoms with Crippen molar-refractivity contribution in [3.63, 3.8) is 0 Å². The standard InChI is InChI=1S/C22H16ClN3O3/c23-18-11-4-5-12-19(18)24-20(27)14-28-17-10-6-9-16(13-17)21-25-22(29-26-21)15-7-2-1-3-8-15/h1-13H,14H2,(H,24,27). The number of hydrogen-bond acceptors (Lipinski definition) is 5. The number of amides is 1. The predicted molar refractivity (Wildman–Crippen MR) is 111 cm³/mol. The first kappa shape index (κ1) is 18.7. The molecule has 1 amide bonds. The lowest BCUT2D eigenvalue weighted by molar-refractivity contribution is -0.118. The van der Waals surface area contributed by atoms with E-state index in [4.69, 9.17) is 20.9 Å². The van der Waals surface area contributed by atoms with Crippen molar-refractivity contribution < 1.29 is 14.1 Å². The van der Waals surface area contributed by atoms with Crippen molar-refractivity contribution in [2.45, 2.75) is 0 Å². The van der Waals surface area contributed by atoms with Crippen molar-refractivity contribution in [3.05, 3.63) is 83.9 Å². The summed E-state index contributed by atoms with van der Waals surface area (Å²) in [6.07, 6.45) is 0. The topological polar surface area (TPSA) is 77.2 Å². The zero-order valence-electron chi connectivity index (χ0n) is 15.2. The Hall–Kier alpha value is -3.64. The van der Waals surface area contributed by atoms with Gasteiger partial charge in [-0.1, -0.05) is 59.2 Å². The number of anilines is 1. The maximum atomic E-state index is 12.1. The lowest BCUT2D eigenvalue weighted by atomic mass is 10.2. The van der Waals surface area contributed by atoms with Crippen molar-refractivity contribution in [1.29, 1.82) is 0 Å². The molecule has 4 rings (SSSR count). The number of para-hydroxylation sites is 1. The number of ether oxygens (including phenoxy) is 1. The lowest BCUT2D eigenvalue weighted by Gasteiger charge is -2.09. The molecule has 144 valence electrons. The molecule has 0 unspecified atom stereocenters. The van der Waals surface area contributed by atoms with E-state index in [1.807, 2.05) is 36.4 Å². The maximum Gasteiger partial charge on any atom is 0.262 e. The van der Waals surface area contributed by atoms with Crippen LogP contribution >= 0.6 is 11.6 Å². The molecular weight excluding hydrogens is 390 g/mol. The normalized spacial score (nSPS) is 10.5. The van der Waals surface area contributed by atoms with Gasteiger partial charge in [0.1, 0.15) is 5.75 Å². The number of carbonyl (C=O) groups excluding carboxylic acids is 1. The number of carbonyl (C=O) groups is 1. The molecule has 0 spiro atoms. The van der Waals surface area contributed by atoms with Gasteiger partial charge in [0.2, 0.25) is 5.82 Å². The van der Waals surface area contributed by atoms with Gasteiger partial charge in [-0.25, -0.2) is 0 Å². The second-order valence-electron chi connectivity index (χ2n) is 6.13. The van der Waals surface area contributed by atoms with E-state index in [0.717, 1.165) is 11.1 Å². The van der Waals surface area contributed by atoms with Crippen molar-refractivity contribution in [2.24, 2.45) is 0 Å². The molecule has 0 radical (unpaired) electrons. The van der Waals surface area contributed by atoms with E-state index in [9.17, 15) is 4.79 Å². The van der Waals surface area contributed by atoms with Gasteiger partial charge in [-0.05, 0) is 36.4 Å². The summed E-state index contributed by atoms with van der Waals surface area (Å²) in [4.78, 5) is 16.5. The minimum absolute atomic E-state index is 0.157. The minimum Gasteiger partial charge on any atom is -0.484 e. The molecule has 0 atom stereocenters. The molecule has 0 fully saturated rings. The monoisotopic (exact) mass is 405 g/mol. The first-order valence-electron chi connectivity index (χ1n) is 8.86. The Morgan fingerprint density at radius 1 is 0.966 bits per heavy atom. The van der Waals surface area contributed by atoms with Crippen LogP contribution in [-0.2, 0) is 4.79 Å². The van der Waals surface area contributed by atoms with E-state index in [0.29, 0.717) is 28.2 Å². The van der Waals surface area contributed by atoms with Gasteiger partial charge in [-0.3, -0.25) is 4.79 Å². The van der Waals surface area contributed by atoms with Gasteiger partial charge >= 0.3 is 0 Å². The Balaban J connectivity index is 1.42. The zero-order valence-corrected chi connectivity index (χ0v) is 16.0. The molecule has 3 aromatic carbocycles. The predicted octanol–water partition coefficient (Wildman–Crippen LogP) is 5.07. The smallest absolute Gasteiger partial charge is 0.262 e. The molecular formula is C22H16ClN3O3. The highest BCUT2D eigenvalue weighted by molar-refractivity contribution is 6.33. The van der Waals surface area contributed by atoms with Crippen molar-refractivity contribution in [1.82, 2.24) is 10.1 Å². The van der Waals surface area contributed by atoms with Crippen LogP contribution in [0.3, 0.4) is 0 Å². The average Bonchev–Trinajstić information content (AvgIpc) is 3.25. The number of nitrogens with zero attached hydrogens (tertiary/aromatic N) is 2. The summed E-state index contributed by atoms with van der Waals surface area (Å²) in [5, 5.41) is 7.21. The van der Waals surface area contributed by atoms with Crippen LogP contribution in [0.2, 0.25) is 5.02 Å². The third-order valence-corrected chi connectivity index (χ3v) is 4.39. The second kappa shape index (κ2) is 8.58. The van der Waals surface area contributed by atoms with Crippen LogP contribution in [0.25, 0.3) is 22.8 Å². The molecule has 1 N–H and O–H groups in total. The van der Waals surface area contributed by atoms with Crippen molar-refractivity contribution in [2.75, 3.05) is 11.9 Å². The molecule has 0 aliphatic heterocycles. The minimum atomic E-state index is -0.311. The third kappa shape index (κ3) is 4.62. The number of aromatic nitrogens is 2. The molecule has 0 aliphatic rings. The molecule has 29 heavy (non-hydrogen) atoms. The van der Waals surface area contributed by atoms with E-state index in [1.165, 1.54) is 0 Å². The van der Waals surface area contributed by atoms with Crippen LogP contribution in [0, 0.1) is 0 Å². The van der Waals surface area contributed by atoms with Gasteiger partial charge in [-0.2, -0.15) is 4.98 Å². The molecule has 0 bridgehead atoms. The van der Waals surface area contributed by atoms with Crippen LogP contribution in [0.15, 0.2) is 83.4 Å². The fourth-order valence-corrected chi connectivity index (χ4v) is 2.84. The Labute approximate surface area is 172 Å². The average molecular weight is 406 g/mol. The Morgan fingerprint density at radius 2 is 1.72 bits per heavy atom. The Kier molecular flexibility index (Phi) is 5.54. The summed E-state index contributed by atoms with van der Waals surface area (Å²) >= 11 is 6.04. The molecule has 0 saturated carbocycles. The number of halogens is 1. The maximum absolute atomic E-state index is 12.1. The Morgan fingerprint density at radius 3 is 2.55 bits per heavy atom. The van der Waals surface area contributed by atoms with Crippen LogP contribution < -0.4 is 10.1 Å². The van der Waals surface area contributed by atoms with Crippen LogP contribution in [0.4, 0.5) is 5.69 Å². The van der Waals surface area contributed by atoms with Crippen molar-refractivity contribution in [3.8, 4) is 28.6 Å². The fraction of sp³-hybridized carbons (Fsp3) is 0.0455. The summed E-state index contributed by atoms with van der Waals surface area (Å²) in [6, 6.07) is 23.7. The van der Waals surface area contributed by atoms with E-state index in [-0.39, 0.29) is 12.5 Å². The van der Waals surface area contributed by atoms with E-state index >= 15 is 0 Å². The zero-order chi connectivity index (χ0) is 20.1. The summed E-state index contributed by atoms with van der Waals surface area (Å²) < 4.78 is 10.9. The second-order valence-corrected chi connectivity index (χ2v) is 6.54. The molecule has 1 heterocycles. The summed E-state index contributed by atoms with van der Waals surface area (Å²) in [5.74, 6) is 1.08. The fourth-order valence-electron chi connectivity index (χ4n) is 2.66. The Bertz CT molecular complexity index is 1130. The molecule has 0 aliphatic carbocycles. The quantitative estimate of drug-likeness (QED) is 0.484. The number of hydrogen-bond donors (Lipinski definition) is 1. The number of rotatable bonds is 6. The van der Waals surface area contributed by atoms with Gasteiger partial charge in [0.25, 0.3) is 11.8 Å². The molecule has 4 aromatic rings. The van der Waals surface area contributed by atoms with E-state index < -0.39 is 0 Å². The van der Waals surface area contributed by atoms with Crippen molar-refractivity contribution >= 4 is 23.2 Å². The van der Waals surface area contributed by atoms with Gasteiger partial charge in [0.05, 0.1) is 10.7 Å². The van der Waals surface area contributed by atoms with Crippen LogP contribution in [0.5, 0.6) is 5.75 Å². The molecule has 6 nitrogen and oxygen atoms in total. The number of benzene rings is 3. The highest BCUT2D eigenvalue weighted by Gasteiger charge is 2.12. The van der Waals surface area contributed by atoms with Crippen LogP contribution in [0.1, 0.15) is 0 Å². The first-order valence-corrected chi connectivity index (χ1v) is 9.23. The first-order chi connectivity index (χ1) is 14.2. The summed E-state index contributed by atoms with van der Waals surface area (Å²) in [7, 11) is 0.